The van der Waals surface area contributed by atoms with Crippen LogP contribution in [0.1, 0.15) is 0 Å². The molecular formula is C11H9BrClN3O2S. The molecule has 0 atom stereocenters. The number of aromatic nitrogens is 1. The molecule has 0 aliphatic heterocycles. The summed E-state index contributed by atoms with van der Waals surface area (Å²) in [6.07, 6.45) is 1.36. The van der Waals surface area contributed by atoms with E-state index in [-0.39, 0.29) is 10.7 Å². The smallest absolute Gasteiger partial charge is 0.281 e. The van der Waals surface area contributed by atoms with Crippen molar-refractivity contribution in [3.63, 3.8) is 0 Å². The predicted molar refractivity (Wildman–Crippen MR) is 78.6 cm³/mol. The highest BCUT2D eigenvalue weighted by Crippen LogP contribution is 2.27. The van der Waals surface area contributed by atoms with Crippen molar-refractivity contribution >= 4 is 48.9 Å². The summed E-state index contributed by atoms with van der Waals surface area (Å²) in [4.78, 5) is 3.77. The molecule has 0 saturated carbocycles. The Morgan fingerprint density at radius 1 is 1.32 bits per heavy atom. The number of pyridine rings is 1. The first-order valence-corrected chi connectivity index (χ1v) is 7.74. The fraction of sp³-hybridized carbons (Fsp3) is 0. The summed E-state index contributed by atoms with van der Waals surface area (Å²) in [5.41, 5.74) is 6.05. The van der Waals surface area contributed by atoms with Gasteiger partial charge in [-0.2, -0.15) is 8.42 Å². The molecule has 0 amide bonds. The van der Waals surface area contributed by atoms with E-state index in [1.165, 1.54) is 12.3 Å². The van der Waals surface area contributed by atoms with Crippen molar-refractivity contribution in [2.24, 2.45) is 0 Å². The summed E-state index contributed by atoms with van der Waals surface area (Å²) >= 11 is 9.05. The highest BCUT2D eigenvalue weighted by Gasteiger charge is 2.19. The molecule has 1 aromatic carbocycles. The SMILES string of the molecule is Nc1cccnc1S(=O)(=O)Nc1ccc(Cl)c(Br)c1. The second-order valence-corrected chi connectivity index (χ2v) is 6.49. The molecule has 1 aromatic heterocycles. The van der Waals surface area contributed by atoms with Crippen molar-refractivity contribution in [3.05, 3.63) is 46.0 Å². The van der Waals surface area contributed by atoms with Gasteiger partial charge in [-0.15, -0.1) is 0 Å². The number of nitrogen functional groups attached to an aromatic ring is 1. The summed E-state index contributed by atoms with van der Waals surface area (Å²) in [6.45, 7) is 0. The number of benzene rings is 1. The molecule has 0 aliphatic carbocycles. The Hall–Kier alpha value is -1.31. The van der Waals surface area contributed by atoms with Gasteiger partial charge in [0.2, 0.25) is 0 Å². The van der Waals surface area contributed by atoms with E-state index in [4.69, 9.17) is 17.3 Å². The van der Waals surface area contributed by atoms with E-state index in [1.54, 1.807) is 24.3 Å². The van der Waals surface area contributed by atoms with Crippen molar-refractivity contribution in [1.29, 1.82) is 0 Å². The zero-order chi connectivity index (χ0) is 14.0. The number of hydrogen-bond acceptors (Lipinski definition) is 4. The van der Waals surface area contributed by atoms with Crippen LogP contribution >= 0.6 is 27.5 Å². The molecule has 1 heterocycles. The lowest BCUT2D eigenvalue weighted by atomic mass is 10.3. The van der Waals surface area contributed by atoms with Crippen LogP contribution in [0.25, 0.3) is 0 Å². The van der Waals surface area contributed by atoms with Crippen LogP contribution in [-0.4, -0.2) is 13.4 Å². The molecule has 100 valence electrons. The maximum Gasteiger partial charge on any atom is 0.281 e. The van der Waals surface area contributed by atoms with Gasteiger partial charge in [0.15, 0.2) is 5.03 Å². The minimum Gasteiger partial charge on any atom is -0.396 e. The van der Waals surface area contributed by atoms with E-state index in [9.17, 15) is 8.42 Å². The van der Waals surface area contributed by atoms with Crippen LogP contribution in [0, 0.1) is 0 Å². The van der Waals surface area contributed by atoms with Crippen molar-refractivity contribution in [2.75, 3.05) is 10.5 Å². The number of anilines is 2. The number of nitrogens with two attached hydrogens (primary N) is 1. The van der Waals surface area contributed by atoms with E-state index in [0.29, 0.717) is 15.2 Å². The molecule has 2 rings (SSSR count). The summed E-state index contributed by atoms with van der Waals surface area (Å²) in [5.74, 6) is 0. The lowest BCUT2D eigenvalue weighted by molar-refractivity contribution is 0.598. The van der Waals surface area contributed by atoms with Crippen LogP contribution in [0.15, 0.2) is 46.0 Å². The van der Waals surface area contributed by atoms with Gasteiger partial charge in [0.05, 0.1) is 16.4 Å². The molecule has 0 bridgehead atoms. The first-order chi connectivity index (χ1) is 8.90. The van der Waals surface area contributed by atoms with Crippen molar-refractivity contribution < 1.29 is 8.42 Å². The Labute approximate surface area is 124 Å². The second kappa shape index (κ2) is 5.36. The minimum atomic E-state index is -3.82. The summed E-state index contributed by atoms with van der Waals surface area (Å²) in [6, 6.07) is 7.71. The third kappa shape index (κ3) is 3.17. The highest BCUT2D eigenvalue weighted by molar-refractivity contribution is 9.10. The molecule has 0 aliphatic rings. The van der Waals surface area contributed by atoms with Gasteiger partial charge in [-0.05, 0) is 46.3 Å². The fourth-order valence-electron chi connectivity index (χ4n) is 1.39. The Balaban J connectivity index is 2.37. The van der Waals surface area contributed by atoms with Crippen molar-refractivity contribution in [1.82, 2.24) is 4.98 Å². The van der Waals surface area contributed by atoms with Gasteiger partial charge in [-0.1, -0.05) is 11.6 Å². The van der Waals surface area contributed by atoms with Crippen molar-refractivity contribution in [3.8, 4) is 0 Å². The molecular weight excluding hydrogens is 354 g/mol. The summed E-state index contributed by atoms with van der Waals surface area (Å²) in [5, 5.41) is 0.279. The van der Waals surface area contributed by atoms with Gasteiger partial charge in [-0.3, -0.25) is 4.72 Å². The Morgan fingerprint density at radius 2 is 2.05 bits per heavy atom. The molecule has 0 unspecified atom stereocenters. The molecule has 5 nitrogen and oxygen atoms in total. The minimum absolute atomic E-state index is 0.0861. The number of nitrogens with zero attached hydrogens (tertiary/aromatic N) is 1. The molecule has 0 spiro atoms. The molecule has 3 N–H and O–H groups in total. The van der Waals surface area contributed by atoms with E-state index in [0.717, 1.165) is 0 Å². The van der Waals surface area contributed by atoms with Crippen LogP contribution in [0.2, 0.25) is 5.02 Å². The number of rotatable bonds is 3. The molecule has 0 fully saturated rings. The molecule has 0 saturated heterocycles. The van der Waals surface area contributed by atoms with E-state index in [2.05, 4.69) is 25.6 Å². The maximum absolute atomic E-state index is 12.1. The third-order valence-corrected chi connectivity index (χ3v) is 4.80. The lowest BCUT2D eigenvalue weighted by Crippen LogP contribution is -2.16. The normalized spacial score (nSPS) is 11.3. The first-order valence-electron chi connectivity index (χ1n) is 5.08. The maximum atomic E-state index is 12.1. The van der Waals surface area contributed by atoms with E-state index < -0.39 is 10.0 Å². The molecule has 0 radical (unpaired) electrons. The summed E-state index contributed by atoms with van der Waals surface area (Å²) in [7, 11) is -3.82. The largest absolute Gasteiger partial charge is 0.396 e. The van der Waals surface area contributed by atoms with Gasteiger partial charge >= 0.3 is 0 Å². The number of sulfonamides is 1. The van der Waals surface area contributed by atoms with Crippen LogP contribution in [0.3, 0.4) is 0 Å². The zero-order valence-electron chi connectivity index (χ0n) is 9.47. The quantitative estimate of drug-likeness (QED) is 0.879. The van der Waals surface area contributed by atoms with Crippen LogP contribution in [-0.2, 0) is 10.0 Å². The average Bonchev–Trinajstić information content (AvgIpc) is 2.34. The lowest BCUT2D eigenvalue weighted by Gasteiger charge is -2.09. The molecule has 2 aromatic rings. The Morgan fingerprint density at radius 3 is 2.68 bits per heavy atom. The van der Waals surface area contributed by atoms with Gasteiger partial charge in [-0.25, -0.2) is 4.98 Å². The Bertz CT molecular complexity index is 722. The van der Waals surface area contributed by atoms with Crippen LogP contribution < -0.4 is 10.5 Å². The third-order valence-electron chi connectivity index (χ3n) is 2.23. The molecule has 19 heavy (non-hydrogen) atoms. The van der Waals surface area contributed by atoms with E-state index in [1.807, 2.05) is 0 Å². The topological polar surface area (TPSA) is 85.1 Å². The van der Waals surface area contributed by atoms with Crippen LogP contribution in [0.5, 0.6) is 0 Å². The van der Waals surface area contributed by atoms with Crippen LogP contribution in [0.4, 0.5) is 11.4 Å². The fourth-order valence-corrected chi connectivity index (χ4v) is 3.00. The molecule has 8 heteroatoms. The van der Waals surface area contributed by atoms with Gasteiger partial charge < -0.3 is 5.73 Å². The Kier molecular flexibility index (Phi) is 3.98. The van der Waals surface area contributed by atoms with Gasteiger partial charge in [0, 0.05) is 10.7 Å². The summed E-state index contributed by atoms with van der Waals surface area (Å²) < 4.78 is 27.2. The monoisotopic (exact) mass is 361 g/mol. The van der Waals surface area contributed by atoms with Gasteiger partial charge in [0.25, 0.3) is 10.0 Å². The number of halogens is 2. The predicted octanol–water partition coefficient (Wildman–Crippen LogP) is 2.88. The zero-order valence-corrected chi connectivity index (χ0v) is 12.6. The standard InChI is InChI=1S/C11H9BrClN3O2S/c12-8-6-7(3-4-9(8)13)16-19(17,18)11-10(14)2-1-5-15-11/h1-6,16H,14H2. The number of hydrogen-bond donors (Lipinski definition) is 2. The second-order valence-electron chi connectivity index (χ2n) is 3.63. The van der Waals surface area contributed by atoms with Gasteiger partial charge in [0.1, 0.15) is 0 Å². The highest BCUT2D eigenvalue weighted by atomic mass is 79.9. The first kappa shape index (κ1) is 14.1. The van der Waals surface area contributed by atoms with Crippen molar-refractivity contribution in [2.45, 2.75) is 5.03 Å². The number of nitrogens with one attached hydrogen (secondary N) is 1. The van der Waals surface area contributed by atoms with E-state index >= 15 is 0 Å². The average molecular weight is 363 g/mol.